The maximum Gasteiger partial charge on any atom is 0.322 e. The maximum absolute atomic E-state index is 5.80. The molecule has 0 amide bonds. The Labute approximate surface area is 109 Å². The summed E-state index contributed by atoms with van der Waals surface area (Å²) in [5.74, 6) is 0.318. The molecular formula is C10H13ClN6O. The second-order valence-electron chi connectivity index (χ2n) is 3.90. The maximum atomic E-state index is 5.80. The van der Waals surface area contributed by atoms with Crippen molar-refractivity contribution in [3.8, 4) is 6.01 Å². The molecule has 0 saturated heterocycles. The molecule has 0 spiro atoms. The van der Waals surface area contributed by atoms with E-state index in [1.807, 2.05) is 20.9 Å². The first-order chi connectivity index (χ1) is 8.52. The van der Waals surface area contributed by atoms with Gasteiger partial charge in [0.2, 0.25) is 11.2 Å². The molecule has 0 atom stereocenters. The zero-order valence-corrected chi connectivity index (χ0v) is 11.0. The first-order valence-corrected chi connectivity index (χ1v) is 5.74. The first kappa shape index (κ1) is 12.6. The second kappa shape index (κ2) is 5.18. The van der Waals surface area contributed by atoms with Crippen molar-refractivity contribution in [2.24, 2.45) is 7.05 Å². The molecule has 0 bridgehead atoms. The van der Waals surface area contributed by atoms with Crippen LogP contribution in [0.1, 0.15) is 13.8 Å². The summed E-state index contributed by atoms with van der Waals surface area (Å²) in [7, 11) is 1.82. The number of anilines is 2. The number of nitrogens with one attached hydrogen (secondary N) is 1. The Bertz CT molecular complexity index is 541. The lowest BCUT2D eigenvalue weighted by atomic mass is 10.5. The lowest BCUT2D eigenvalue weighted by molar-refractivity contribution is 0.222. The van der Waals surface area contributed by atoms with Gasteiger partial charge >= 0.3 is 6.01 Å². The van der Waals surface area contributed by atoms with E-state index in [0.29, 0.717) is 5.95 Å². The Balaban J connectivity index is 2.19. The first-order valence-electron chi connectivity index (χ1n) is 5.37. The standard InChI is InChI=1S/C10H13ClN6O/c1-6(2)18-10-15-8(11)14-9(16-10)13-7-4-12-17(3)5-7/h4-6H,1-3H3,(H,13,14,15,16). The van der Waals surface area contributed by atoms with E-state index >= 15 is 0 Å². The summed E-state index contributed by atoms with van der Waals surface area (Å²) in [5, 5.41) is 7.07. The minimum absolute atomic E-state index is 0.0327. The number of halogens is 1. The third-order valence-corrected chi connectivity index (χ3v) is 2.06. The number of hydrogen-bond donors (Lipinski definition) is 1. The van der Waals surface area contributed by atoms with Crippen LogP contribution in [0.2, 0.25) is 5.28 Å². The predicted octanol–water partition coefficient (Wildman–Crippen LogP) is 1.79. The summed E-state index contributed by atoms with van der Waals surface area (Å²) in [6, 6.07) is 0.191. The van der Waals surface area contributed by atoms with Gasteiger partial charge in [0, 0.05) is 13.2 Å². The van der Waals surface area contributed by atoms with Crippen LogP contribution in [0, 0.1) is 0 Å². The Hall–Kier alpha value is -1.89. The molecule has 8 heteroatoms. The topological polar surface area (TPSA) is 77.8 Å². The zero-order valence-electron chi connectivity index (χ0n) is 10.3. The fraction of sp³-hybridized carbons (Fsp3) is 0.400. The van der Waals surface area contributed by atoms with Crippen molar-refractivity contribution in [3.63, 3.8) is 0 Å². The number of aryl methyl sites for hydroxylation is 1. The highest BCUT2D eigenvalue weighted by Gasteiger charge is 2.08. The van der Waals surface area contributed by atoms with Crippen LogP contribution in [0.3, 0.4) is 0 Å². The Kier molecular flexibility index (Phi) is 3.61. The van der Waals surface area contributed by atoms with E-state index in [1.165, 1.54) is 0 Å². The van der Waals surface area contributed by atoms with Crippen molar-refractivity contribution in [2.75, 3.05) is 5.32 Å². The summed E-state index contributed by atoms with van der Waals surface area (Å²) >= 11 is 5.80. The molecule has 0 saturated carbocycles. The van der Waals surface area contributed by atoms with E-state index in [1.54, 1.807) is 17.1 Å². The SMILES string of the molecule is CC(C)Oc1nc(Cl)nc(Nc2cnn(C)c2)n1. The van der Waals surface area contributed by atoms with Crippen LogP contribution in [0.4, 0.5) is 11.6 Å². The molecule has 1 N–H and O–H groups in total. The second-order valence-corrected chi connectivity index (χ2v) is 4.24. The summed E-state index contributed by atoms with van der Waals surface area (Å²) < 4.78 is 7.03. The number of nitrogens with zero attached hydrogens (tertiary/aromatic N) is 5. The Morgan fingerprint density at radius 3 is 2.72 bits per heavy atom. The molecule has 0 unspecified atom stereocenters. The van der Waals surface area contributed by atoms with Gasteiger partial charge in [-0.2, -0.15) is 20.1 Å². The van der Waals surface area contributed by atoms with Crippen LogP contribution in [0.15, 0.2) is 12.4 Å². The van der Waals surface area contributed by atoms with Crippen molar-refractivity contribution >= 4 is 23.2 Å². The summed E-state index contributed by atoms with van der Waals surface area (Å²) in [6.07, 6.45) is 3.41. The molecule has 0 aliphatic rings. The van der Waals surface area contributed by atoms with Gasteiger partial charge in [0.05, 0.1) is 18.0 Å². The van der Waals surface area contributed by atoms with E-state index in [4.69, 9.17) is 16.3 Å². The van der Waals surface area contributed by atoms with E-state index in [0.717, 1.165) is 5.69 Å². The molecular weight excluding hydrogens is 256 g/mol. The Morgan fingerprint density at radius 1 is 1.33 bits per heavy atom. The van der Waals surface area contributed by atoms with Crippen molar-refractivity contribution < 1.29 is 4.74 Å². The number of aromatic nitrogens is 5. The predicted molar refractivity (Wildman–Crippen MR) is 67.1 cm³/mol. The fourth-order valence-electron chi connectivity index (χ4n) is 1.27. The molecule has 2 rings (SSSR count). The van der Waals surface area contributed by atoms with Gasteiger partial charge < -0.3 is 10.1 Å². The lowest BCUT2D eigenvalue weighted by Gasteiger charge is -2.08. The van der Waals surface area contributed by atoms with Crippen LogP contribution in [0.5, 0.6) is 6.01 Å². The highest BCUT2D eigenvalue weighted by atomic mass is 35.5. The summed E-state index contributed by atoms with van der Waals surface area (Å²) in [6.45, 7) is 3.76. The van der Waals surface area contributed by atoms with Crippen LogP contribution >= 0.6 is 11.6 Å². The van der Waals surface area contributed by atoms with Crippen molar-refractivity contribution in [1.29, 1.82) is 0 Å². The largest absolute Gasteiger partial charge is 0.461 e. The monoisotopic (exact) mass is 268 g/mol. The molecule has 2 aromatic rings. The third kappa shape index (κ3) is 3.30. The van der Waals surface area contributed by atoms with Crippen LogP contribution < -0.4 is 10.1 Å². The van der Waals surface area contributed by atoms with E-state index in [2.05, 4.69) is 25.4 Å². The van der Waals surface area contributed by atoms with Crippen LogP contribution in [-0.4, -0.2) is 30.8 Å². The highest BCUT2D eigenvalue weighted by Crippen LogP contribution is 2.16. The lowest BCUT2D eigenvalue weighted by Crippen LogP contribution is -2.10. The highest BCUT2D eigenvalue weighted by molar-refractivity contribution is 6.28. The smallest absolute Gasteiger partial charge is 0.322 e. The van der Waals surface area contributed by atoms with Gasteiger partial charge in [0.25, 0.3) is 0 Å². The molecule has 0 fully saturated rings. The minimum atomic E-state index is -0.0327. The average molecular weight is 269 g/mol. The van der Waals surface area contributed by atoms with Crippen molar-refractivity contribution in [1.82, 2.24) is 24.7 Å². The van der Waals surface area contributed by atoms with Gasteiger partial charge in [-0.1, -0.05) is 0 Å². The van der Waals surface area contributed by atoms with Gasteiger partial charge in [-0.15, -0.1) is 0 Å². The molecule has 18 heavy (non-hydrogen) atoms. The van der Waals surface area contributed by atoms with Crippen molar-refractivity contribution in [2.45, 2.75) is 20.0 Å². The average Bonchev–Trinajstić information content (AvgIpc) is 2.61. The summed E-state index contributed by atoms with van der Waals surface area (Å²) in [5.41, 5.74) is 0.760. The molecule has 7 nitrogen and oxygen atoms in total. The number of ether oxygens (including phenoxy) is 1. The van der Waals surface area contributed by atoms with Crippen LogP contribution in [-0.2, 0) is 7.05 Å². The van der Waals surface area contributed by atoms with Gasteiger partial charge in [-0.25, -0.2) is 0 Å². The van der Waals surface area contributed by atoms with Gasteiger partial charge in [-0.05, 0) is 25.4 Å². The van der Waals surface area contributed by atoms with Gasteiger partial charge in [0.15, 0.2) is 0 Å². The molecule has 0 aromatic carbocycles. The minimum Gasteiger partial charge on any atom is -0.461 e. The molecule has 0 aliphatic carbocycles. The molecule has 0 aliphatic heterocycles. The fourth-order valence-corrected chi connectivity index (χ4v) is 1.42. The van der Waals surface area contributed by atoms with E-state index < -0.39 is 0 Å². The quantitative estimate of drug-likeness (QED) is 0.911. The van der Waals surface area contributed by atoms with Crippen LogP contribution in [0.25, 0.3) is 0 Å². The zero-order chi connectivity index (χ0) is 13.1. The summed E-state index contributed by atoms with van der Waals surface area (Å²) in [4.78, 5) is 11.9. The van der Waals surface area contributed by atoms with Crippen molar-refractivity contribution in [3.05, 3.63) is 17.7 Å². The van der Waals surface area contributed by atoms with E-state index in [9.17, 15) is 0 Å². The normalized spacial score (nSPS) is 10.7. The third-order valence-electron chi connectivity index (χ3n) is 1.89. The molecule has 2 aromatic heterocycles. The molecule has 2 heterocycles. The number of rotatable bonds is 4. The van der Waals surface area contributed by atoms with Gasteiger partial charge in [0.1, 0.15) is 0 Å². The number of hydrogen-bond acceptors (Lipinski definition) is 6. The van der Waals surface area contributed by atoms with E-state index in [-0.39, 0.29) is 17.4 Å². The molecule has 96 valence electrons. The molecule has 0 radical (unpaired) electrons. The van der Waals surface area contributed by atoms with Gasteiger partial charge in [-0.3, -0.25) is 4.68 Å². The Morgan fingerprint density at radius 2 is 2.11 bits per heavy atom.